The van der Waals surface area contributed by atoms with Gasteiger partial charge in [-0.25, -0.2) is 0 Å². The van der Waals surface area contributed by atoms with Crippen molar-refractivity contribution in [3.05, 3.63) is 74.8 Å². The van der Waals surface area contributed by atoms with Gasteiger partial charge in [-0.15, -0.1) is 0 Å². The SMILES string of the molecule is Cc1ccc(C(O)c2ccc(C(C)C)cc2)cc1[N+](=O)[O-]. The van der Waals surface area contributed by atoms with Gasteiger partial charge in [0.2, 0.25) is 0 Å². The third-order valence-electron chi connectivity index (χ3n) is 3.66. The first-order valence-corrected chi connectivity index (χ1v) is 6.93. The first kappa shape index (κ1) is 15.2. The standard InChI is InChI=1S/C17H19NO3/c1-11(2)13-6-8-14(9-7-13)17(19)15-5-4-12(3)16(10-15)18(20)21/h4-11,17,19H,1-3H3. The molecular weight excluding hydrogens is 266 g/mol. The summed E-state index contributed by atoms with van der Waals surface area (Å²) in [7, 11) is 0. The zero-order valence-corrected chi connectivity index (χ0v) is 12.4. The number of hydrogen-bond donors (Lipinski definition) is 1. The van der Waals surface area contributed by atoms with Crippen LogP contribution in [0.15, 0.2) is 42.5 Å². The van der Waals surface area contributed by atoms with Gasteiger partial charge in [0.1, 0.15) is 6.10 Å². The highest BCUT2D eigenvalue weighted by Crippen LogP contribution is 2.28. The van der Waals surface area contributed by atoms with Crippen molar-refractivity contribution >= 4 is 5.69 Å². The van der Waals surface area contributed by atoms with E-state index in [1.54, 1.807) is 19.1 Å². The summed E-state index contributed by atoms with van der Waals surface area (Å²) >= 11 is 0. The van der Waals surface area contributed by atoms with Crippen LogP contribution in [0.3, 0.4) is 0 Å². The molecule has 0 aliphatic heterocycles. The zero-order chi connectivity index (χ0) is 15.6. The van der Waals surface area contributed by atoms with Crippen molar-refractivity contribution in [1.82, 2.24) is 0 Å². The second kappa shape index (κ2) is 6.06. The quantitative estimate of drug-likeness (QED) is 0.679. The number of hydrogen-bond acceptors (Lipinski definition) is 3. The molecular formula is C17H19NO3. The second-order valence-electron chi connectivity index (χ2n) is 5.53. The van der Waals surface area contributed by atoms with Gasteiger partial charge in [-0.05, 0) is 29.5 Å². The molecule has 1 atom stereocenters. The molecule has 0 heterocycles. The largest absolute Gasteiger partial charge is 0.384 e. The summed E-state index contributed by atoms with van der Waals surface area (Å²) in [6, 6.07) is 12.5. The Labute approximate surface area is 124 Å². The maximum atomic E-state index is 11.0. The van der Waals surface area contributed by atoms with E-state index in [0.29, 0.717) is 17.0 Å². The third-order valence-corrected chi connectivity index (χ3v) is 3.66. The molecule has 2 aromatic carbocycles. The molecule has 0 fully saturated rings. The minimum Gasteiger partial charge on any atom is -0.384 e. The number of benzene rings is 2. The monoisotopic (exact) mass is 285 g/mol. The number of nitro groups is 1. The minimum absolute atomic E-state index is 0.0327. The lowest BCUT2D eigenvalue weighted by molar-refractivity contribution is -0.385. The van der Waals surface area contributed by atoms with E-state index in [9.17, 15) is 15.2 Å². The highest BCUT2D eigenvalue weighted by atomic mass is 16.6. The van der Waals surface area contributed by atoms with Gasteiger partial charge < -0.3 is 5.11 Å². The molecule has 110 valence electrons. The third kappa shape index (κ3) is 3.28. The molecule has 0 aromatic heterocycles. The Balaban J connectivity index is 2.33. The Hall–Kier alpha value is -2.20. The van der Waals surface area contributed by atoms with E-state index in [1.807, 2.05) is 24.3 Å². The van der Waals surface area contributed by atoms with Crippen LogP contribution in [-0.2, 0) is 0 Å². The van der Waals surface area contributed by atoms with Crippen molar-refractivity contribution in [3.8, 4) is 0 Å². The van der Waals surface area contributed by atoms with Crippen LogP contribution in [0, 0.1) is 17.0 Å². The van der Waals surface area contributed by atoms with Gasteiger partial charge in [-0.2, -0.15) is 0 Å². The van der Waals surface area contributed by atoms with Crippen LogP contribution in [0.5, 0.6) is 0 Å². The normalized spacial score (nSPS) is 12.4. The average molecular weight is 285 g/mol. The van der Waals surface area contributed by atoms with Crippen LogP contribution in [0.25, 0.3) is 0 Å². The van der Waals surface area contributed by atoms with Gasteiger partial charge in [-0.3, -0.25) is 10.1 Å². The molecule has 0 radical (unpaired) electrons. The molecule has 0 spiro atoms. The van der Waals surface area contributed by atoms with Crippen molar-refractivity contribution in [2.45, 2.75) is 32.8 Å². The van der Waals surface area contributed by atoms with Crippen LogP contribution in [-0.4, -0.2) is 10.0 Å². The first-order valence-electron chi connectivity index (χ1n) is 6.93. The lowest BCUT2D eigenvalue weighted by Crippen LogP contribution is -2.02. The molecule has 0 saturated carbocycles. The number of aliphatic hydroxyl groups excluding tert-OH is 1. The maximum Gasteiger partial charge on any atom is 0.272 e. The summed E-state index contributed by atoms with van der Waals surface area (Å²) in [4.78, 5) is 10.6. The van der Waals surface area contributed by atoms with E-state index in [2.05, 4.69) is 13.8 Å². The highest BCUT2D eigenvalue weighted by molar-refractivity contribution is 5.45. The number of aliphatic hydroxyl groups is 1. The van der Waals surface area contributed by atoms with Crippen molar-refractivity contribution in [3.63, 3.8) is 0 Å². The second-order valence-corrected chi connectivity index (χ2v) is 5.53. The fourth-order valence-corrected chi connectivity index (χ4v) is 2.25. The molecule has 0 aliphatic rings. The topological polar surface area (TPSA) is 63.4 Å². The van der Waals surface area contributed by atoms with Gasteiger partial charge in [0.05, 0.1) is 4.92 Å². The molecule has 0 saturated heterocycles. The van der Waals surface area contributed by atoms with Crippen LogP contribution in [0.4, 0.5) is 5.69 Å². The van der Waals surface area contributed by atoms with Crippen molar-refractivity contribution < 1.29 is 10.0 Å². The average Bonchev–Trinajstić information content (AvgIpc) is 2.46. The predicted octanol–water partition coefficient (Wildman–Crippen LogP) is 4.11. The molecule has 2 rings (SSSR count). The number of aryl methyl sites for hydroxylation is 1. The number of nitro benzene ring substituents is 1. The Morgan fingerprint density at radius 2 is 1.52 bits per heavy atom. The summed E-state index contributed by atoms with van der Waals surface area (Å²) < 4.78 is 0. The molecule has 0 amide bonds. The Morgan fingerprint density at radius 3 is 2.05 bits per heavy atom. The van der Waals surface area contributed by atoms with Gasteiger partial charge in [0, 0.05) is 11.6 Å². The van der Waals surface area contributed by atoms with E-state index in [0.717, 1.165) is 5.56 Å². The number of nitrogens with zero attached hydrogens (tertiary/aromatic N) is 1. The van der Waals surface area contributed by atoms with E-state index < -0.39 is 11.0 Å². The zero-order valence-electron chi connectivity index (χ0n) is 12.4. The van der Waals surface area contributed by atoms with E-state index in [4.69, 9.17) is 0 Å². The fraction of sp³-hybridized carbons (Fsp3) is 0.294. The van der Waals surface area contributed by atoms with Gasteiger partial charge in [0.25, 0.3) is 5.69 Å². The van der Waals surface area contributed by atoms with Crippen LogP contribution < -0.4 is 0 Å². The van der Waals surface area contributed by atoms with Gasteiger partial charge >= 0.3 is 0 Å². The maximum absolute atomic E-state index is 11.0. The van der Waals surface area contributed by atoms with Crippen LogP contribution in [0.1, 0.15) is 48.1 Å². The minimum atomic E-state index is -0.856. The smallest absolute Gasteiger partial charge is 0.272 e. The van der Waals surface area contributed by atoms with E-state index >= 15 is 0 Å². The van der Waals surface area contributed by atoms with Crippen molar-refractivity contribution in [2.24, 2.45) is 0 Å². The molecule has 1 N–H and O–H groups in total. The molecule has 0 bridgehead atoms. The summed E-state index contributed by atoms with van der Waals surface area (Å²) in [5.41, 5.74) is 3.08. The molecule has 4 nitrogen and oxygen atoms in total. The fourth-order valence-electron chi connectivity index (χ4n) is 2.25. The van der Waals surface area contributed by atoms with Crippen LogP contribution >= 0.6 is 0 Å². The van der Waals surface area contributed by atoms with Gasteiger partial charge in [0.15, 0.2) is 0 Å². The summed E-state index contributed by atoms with van der Waals surface area (Å²) in [6.07, 6.45) is -0.856. The molecule has 21 heavy (non-hydrogen) atoms. The Morgan fingerprint density at radius 1 is 1.00 bits per heavy atom. The van der Waals surface area contributed by atoms with E-state index in [1.165, 1.54) is 11.6 Å². The van der Waals surface area contributed by atoms with Crippen LogP contribution in [0.2, 0.25) is 0 Å². The Kier molecular flexibility index (Phi) is 4.38. The summed E-state index contributed by atoms with van der Waals surface area (Å²) in [5, 5.41) is 21.4. The Bertz CT molecular complexity index is 648. The molecule has 0 aliphatic carbocycles. The van der Waals surface area contributed by atoms with E-state index in [-0.39, 0.29) is 5.69 Å². The highest BCUT2D eigenvalue weighted by Gasteiger charge is 2.16. The van der Waals surface area contributed by atoms with Crippen molar-refractivity contribution in [2.75, 3.05) is 0 Å². The molecule has 1 unspecified atom stereocenters. The predicted molar refractivity (Wildman–Crippen MR) is 82.4 cm³/mol. The summed E-state index contributed by atoms with van der Waals surface area (Å²) in [6.45, 7) is 5.90. The summed E-state index contributed by atoms with van der Waals surface area (Å²) in [5.74, 6) is 0.427. The number of rotatable bonds is 4. The first-order chi connectivity index (χ1) is 9.90. The van der Waals surface area contributed by atoms with Crippen molar-refractivity contribution in [1.29, 1.82) is 0 Å². The molecule has 2 aromatic rings. The molecule has 4 heteroatoms. The van der Waals surface area contributed by atoms with Gasteiger partial charge in [-0.1, -0.05) is 50.2 Å². The lowest BCUT2D eigenvalue weighted by Gasteiger charge is -2.13. The lowest BCUT2D eigenvalue weighted by atomic mass is 9.96.